The minimum Gasteiger partial charge on any atom is -0.495 e. The smallest absolute Gasteiger partial charge is 0.269 e. The fraction of sp³-hybridized carbons (Fsp3) is 0.111. The summed E-state index contributed by atoms with van der Waals surface area (Å²) in [6, 6.07) is 11.9. The number of methoxy groups -OCH3 is 1. The molecule has 1 aliphatic rings. The van der Waals surface area contributed by atoms with Crippen molar-refractivity contribution >= 4 is 52.0 Å². The summed E-state index contributed by atoms with van der Waals surface area (Å²) in [6.45, 7) is 1.33. The molecular formula is C18H13Cl2NO3. The molecule has 0 saturated carbocycles. The molecule has 1 aliphatic heterocycles. The van der Waals surface area contributed by atoms with Gasteiger partial charge < -0.3 is 4.74 Å². The zero-order valence-electron chi connectivity index (χ0n) is 13.0. The van der Waals surface area contributed by atoms with Crippen LogP contribution in [0.5, 0.6) is 0 Å². The van der Waals surface area contributed by atoms with Crippen molar-refractivity contribution in [1.82, 2.24) is 0 Å². The lowest BCUT2D eigenvalue weighted by Crippen LogP contribution is -2.31. The lowest BCUT2D eigenvalue weighted by Gasteiger charge is -2.13. The Morgan fingerprint density at radius 1 is 1.04 bits per heavy atom. The third kappa shape index (κ3) is 2.68. The van der Waals surface area contributed by atoms with Gasteiger partial charge in [-0.25, -0.2) is 4.90 Å². The van der Waals surface area contributed by atoms with Gasteiger partial charge in [0.1, 0.15) is 5.76 Å². The van der Waals surface area contributed by atoms with Gasteiger partial charge in [-0.1, -0.05) is 29.3 Å². The van der Waals surface area contributed by atoms with Crippen LogP contribution in [0.1, 0.15) is 18.1 Å². The van der Waals surface area contributed by atoms with E-state index in [-0.39, 0.29) is 5.91 Å². The van der Waals surface area contributed by atoms with E-state index in [4.69, 9.17) is 27.9 Å². The number of amides is 2. The van der Waals surface area contributed by atoms with Gasteiger partial charge in [0.15, 0.2) is 0 Å². The third-order valence-corrected chi connectivity index (χ3v) is 4.23. The van der Waals surface area contributed by atoms with Gasteiger partial charge in [0.05, 0.1) is 18.4 Å². The summed E-state index contributed by atoms with van der Waals surface area (Å²) in [5.41, 5.74) is 2.07. The number of carbonyl (C=O) groups is 2. The van der Waals surface area contributed by atoms with Crippen LogP contribution in [0.4, 0.5) is 5.69 Å². The van der Waals surface area contributed by atoms with E-state index in [9.17, 15) is 9.59 Å². The highest BCUT2D eigenvalue weighted by molar-refractivity contribution is 6.43. The Labute approximate surface area is 149 Å². The molecule has 0 aliphatic carbocycles. The molecule has 0 spiro atoms. The molecule has 0 unspecified atom stereocenters. The lowest BCUT2D eigenvalue weighted by molar-refractivity contribution is -0.122. The van der Waals surface area contributed by atoms with E-state index < -0.39 is 5.91 Å². The van der Waals surface area contributed by atoms with Gasteiger partial charge in [0, 0.05) is 28.1 Å². The molecule has 0 bridgehead atoms. The number of benzene rings is 2. The van der Waals surface area contributed by atoms with Gasteiger partial charge in [-0.2, -0.15) is 0 Å². The second kappa shape index (κ2) is 6.30. The molecule has 2 amide bonds. The number of imide groups is 1. The highest BCUT2D eigenvalue weighted by Crippen LogP contribution is 2.42. The maximum Gasteiger partial charge on any atom is 0.269 e. The summed E-state index contributed by atoms with van der Waals surface area (Å²) in [7, 11) is 1.48. The summed E-state index contributed by atoms with van der Waals surface area (Å²) in [5.74, 6) is -0.444. The molecule has 1 heterocycles. The van der Waals surface area contributed by atoms with Crippen LogP contribution in [0, 0.1) is 0 Å². The van der Waals surface area contributed by atoms with E-state index in [1.807, 2.05) is 0 Å². The predicted molar refractivity (Wildman–Crippen MR) is 94.9 cm³/mol. The first-order valence-corrected chi connectivity index (χ1v) is 7.88. The predicted octanol–water partition coefficient (Wildman–Crippen LogP) is 4.40. The van der Waals surface area contributed by atoms with Crippen molar-refractivity contribution in [2.45, 2.75) is 6.92 Å². The van der Waals surface area contributed by atoms with E-state index in [1.165, 1.54) is 14.0 Å². The molecule has 122 valence electrons. The van der Waals surface area contributed by atoms with Crippen LogP contribution in [0.3, 0.4) is 0 Å². The fourth-order valence-corrected chi connectivity index (χ4v) is 3.03. The highest BCUT2D eigenvalue weighted by atomic mass is 35.5. The average molecular weight is 362 g/mol. The molecule has 2 aromatic rings. The summed E-state index contributed by atoms with van der Waals surface area (Å²) >= 11 is 11.9. The number of ether oxygens (including phenoxy) is 1. The number of halogens is 2. The second-order valence-corrected chi connectivity index (χ2v) is 6.11. The monoisotopic (exact) mass is 361 g/mol. The Kier molecular flexibility index (Phi) is 4.35. The number of hydrogen-bond donors (Lipinski definition) is 0. The van der Waals surface area contributed by atoms with Crippen LogP contribution >= 0.6 is 23.2 Å². The first-order valence-electron chi connectivity index (χ1n) is 7.13. The van der Waals surface area contributed by atoms with E-state index >= 15 is 0 Å². The van der Waals surface area contributed by atoms with E-state index in [0.717, 1.165) is 4.90 Å². The van der Waals surface area contributed by atoms with E-state index in [0.29, 0.717) is 38.2 Å². The number of fused-ring (bicyclic) bond motifs is 1. The molecule has 4 nitrogen and oxygen atoms in total. The Hall–Kier alpha value is -2.30. The van der Waals surface area contributed by atoms with Crippen molar-refractivity contribution in [3.05, 3.63) is 63.6 Å². The van der Waals surface area contributed by atoms with Crippen LogP contribution < -0.4 is 4.90 Å². The molecule has 2 aromatic carbocycles. The number of nitrogens with zero attached hydrogens (tertiary/aromatic N) is 1. The third-order valence-electron chi connectivity index (χ3n) is 3.74. The quantitative estimate of drug-likeness (QED) is 0.588. The maximum atomic E-state index is 12.9. The first kappa shape index (κ1) is 16.6. The number of anilines is 1. The second-order valence-electron chi connectivity index (χ2n) is 5.24. The van der Waals surface area contributed by atoms with Gasteiger partial charge in [-0.15, -0.1) is 0 Å². The molecule has 6 heteroatoms. The topological polar surface area (TPSA) is 46.6 Å². The van der Waals surface area contributed by atoms with Crippen LogP contribution in [0.15, 0.2) is 42.5 Å². The van der Waals surface area contributed by atoms with Crippen LogP contribution in [0.25, 0.3) is 11.3 Å². The average Bonchev–Trinajstić information content (AvgIpc) is 2.82. The van der Waals surface area contributed by atoms with Gasteiger partial charge in [-0.3, -0.25) is 9.59 Å². The van der Waals surface area contributed by atoms with E-state index in [2.05, 4.69) is 0 Å². The zero-order chi connectivity index (χ0) is 17.4. The SMILES string of the molecule is CO/C(=C1/C(=O)N(C(C)=O)c2cc(Cl)ccc21)c1ccc(Cl)cc1. The van der Waals surface area contributed by atoms with Gasteiger partial charge in [-0.05, 0) is 36.4 Å². The van der Waals surface area contributed by atoms with E-state index in [1.54, 1.807) is 42.5 Å². The normalized spacial score (nSPS) is 15.3. The highest BCUT2D eigenvalue weighted by Gasteiger charge is 2.38. The molecule has 3 rings (SSSR count). The Morgan fingerprint density at radius 2 is 1.67 bits per heavy atom. The van der Waals surface area contributed by atoms with Crippen LogP contribution in [0.2, 0.25) is 10.0 Å². The number of rotatable bonds is 2. The van der Waals surface area contributed by atoms with Gasteiger partial charge >= 0.3 is 0 Å². The Balaban J connectivity index is 2.28. The van der Waals surface area contributed by atoms with Crippen molar-refractivity contribution in [3.8, 4) is 0 Å². The van der Waals surface area contributed by atoms with Crippen LogP contribution in [-0.4, -0.2) is 18.9 Å². The van der Waals surface area contributed by atoms with Crippen molar-refractivity contribution in [3.63, 3.8) is 0 Å². The first-order chi connectivity index (χ1) is 11.4. The van der Waals surface area contributed by atoms with Crippen molar-refractivity contribution in [2.75, 3.05) is 12.0 Å². The molecule has 0 N–H and O–H groups in total. The summed E-state index contributed by atoms with van der Waals surface area (Å²) in [5, 5.41) is 1.02. The number of carbonyl (C=O) groups excluding carboxylic acids is 2. The van der Waals surface area contributed by atoms with Gasteiger partial charge in [0.25, 0.3) is 5.91 Å². The standard InChI is InChI=1S/C18H13Cl2NO3/c1-10(22)21-15-9-13(20)7-8-14(15)16(18(21)23)17(24-2)11-3-5-12(19)6-4-11/h3-9H,1-2H3/b17-16+. The molecule has 0 aromatic heterocycles. The largest absolute Gasteiger partial charge is 0.495 e. The molecule has 0 radical (unpaired) electrons. The maximum absolute atomic E-state index is 12.9. The zero-order valence-corrected chi connectivity index (χ0v) is 14.5. The minimum absolute atomic E-state index is 0.321. The summed E-state index contributed by atoms with van der Waals surface area (Å²) in [6.07, 6.45) is 0. The van der Waals surface area contributed by atoms with Crippen molar-refractivity contribution in [2.24, 2.45) is 0 Å². The molecule has 24 heavy (non-hydrogen) atoms. The minimum atomic E-state index is -0.438. The van der Waals surface area contributed by atoms with Crippen molar-refractivity contribution < 1.29 is 14.3 Å². The number of hydrogen-bond acceptors (Lipinski definition) is 3. The Morgan fingerprint density at radius 3 is 2.25 bits per heavy atom. The summed E-state index contributed by atoms with van der Waals surface area (Å²) in [4.78, 5) is 25.9. The van der Waals surface area contributed by atoms with Gasteiger partial charge in [0.2, 0.25) is 5.91 Å². The molecule has 0 saturated heterocycles. The summed E-state index contributed by atoms with van der Waals surface area (Å²) < 4.78 is 5.49. The Bertz CT molecular complexity index is 872. The molecule has 0 atom stereocenters. The molecular weight excluding hydrogens is 349 g/mol. The van der Waals surface area contributed by atoms with Crippen LogP contribution in [-0.2, 0) is 14.3 Å². The molecule has 0 fully saturated rings. The lowest BCUT2D eigenvalue weighted by atomic mass is 10.0. The van der Waals surface area contributed by atoms with Crippen molar-refractivity contribution in [1.29, 1.82) is 0 Å². The fourth-order valence-electron chi connectivity index (χ4n) is 2.74.